The molecule has 3 nitrogen and oxygen atoms in total. The van der Waals surface area contributed by atoms with Crippen LogP contribution in [-0.4, -0.2) is 6.16 Å². The van der Waals surface area contributed by atoms with Gasteiger partial charge < -0.3 is 9.47 Å². The molecule has 0 saturated heterocycles. The van der Waals surface area contributed by atoms with Gasteiger partial charge in [-0.1, -0.05) is 74.4 Å². The fourth-order valence-electron chi connectivity index (χ4n) is 2.86. The molecule has 0 saturated carbocycles. The van der Waals surface area contributed by atoms with E-state index in [-0.39, 0.29) is 0 Å². The first-order valence-electron chi connectivity index (χ1n) is 9.38. The second-order valence-electron chi connectivity index (χ2n) is 6.45. The number of benzene rings is 3. The van der Waals surface area contributed by atoms with Gasteiger partial charge in [0.05, 0.1) is 0 Å². The van der Waals surface area contributed by atoms with E-state index in [9.17, 15) is 4.79 Å². The average molecular weight is 360 g/mol. The van der Waals surface area contributed by atoms with Crippen LogP contribution < -0.4 is 9.47 Å². The second-order valence-corrected chi connectivity index (χ2v) is 6.45. The lowest BCUT2D eigenvalue weighted by molar-refractivity contribution is 0.152. The summed E-state index contributed by atoms with van der Waals surface area (Å²) in [5.74, 6) is 0.941. The zero-order chi connectivity index (χ0) is 18.9. The molecule has 0 fully saturated rings. The third kappa shape index (κ3) is 5.71. The Hall–Kier alpha value is -3.07. The third-order valence-corrected chi connectivity index (χ3v) is 4.36. The van der Waals surface area contributed by atoms with E-state index in [1.807, 2.05) is 54.6 Å². The summed E-state index contributed by atoms with van der Waals surface area (Å²) in [7, 11) is 0. The van der Waals surface area contributed by atoms with Crippen molar-refractivity contribution in [3.05, 3.63) is 84.4 Å². The minimum absolute atomic E-state index is 0.455. The number of carbonyl (C=O) groups is 1. The second kappa shape index (κ2) is 9.58. The van der Waals surface area contributed by atoms with Gasteiger partial charge in [-0.15, -0.1) is 0 Å². The van der Waals surface area contributed by atoms with Crippen molar-refractivity contribution in [2.75, 3.05) is 0 Å². The summed E-state index contributed by atoms with van der Waals surface area (Å²) in [5, 5.41) is 0. The number of ether oxygens (including phenoxy) is 2. The van der Waals surface area contributed by atoms with Crippen LogP contribution in [0.1, 0.15) is 31.7 Å². The lowest BCUT2D eigenvalue weighted by Gasteiger charge is -2.07. The van der Waals surface area contributed by atoms with Crippen molar-refractivity contribution in [2.24, 2.45) is 0 Å². The molecule has 3 rings (SSSR count). The van der Waals surface area contributed by atoms with Gasteiger partial charge in [0.25, 0.3) is 0 Å². The van der Waals surface area contributed by atoms with Gasteiger partial charge in [0.1, 0.15) is 11.5 Å². The van der Waals surface area contributed by atoms with Gasteiger partial charge >= 0.3 is 6.16 Å². The Balaban J connectivity index is 1.53. The van der Waals surface area contributed by atoms with Crippen LogP contribution in [0.25, 0.3) is 11.1 Å². The van der Waals surface area contributed by atoms with Crippen LogP contribution in [0, 0.1) is 0 Å². The summed E-state index contributed by atoms with van der Waals surface area (Å²) in [4.78, 5) is 12.0. The van der Waals surface area contributed by atoms with Crippen LogP contribution in [-0.2, 0) is 6.42 Å². The number of rotatable bonds is 7. The Morgan fingerprint density at radius 3 is 1.85 bits per heavy atom. The number of unbranched alkanes of at least 4 members (excludes halogenated alkanes) is 2. The van der Waals surface area contributed by atoms with E-state index >= 15 is 0 Å². The van der Waals surface area contributed by atoms with Crippen molar-refractivity contribution in [3.63, 3.8) is 0 Å². The molecule has 0 aliphatic heterocycles. The van der Waals surface area contributed by atoms with E-state index in [0.29, 0.717) is 11.5 Å². The van der Waals surface area contributed by atoms with E-state index in [0.717, 1.165) is 17.5 Å². The van der Waals surface area contributed by atoms with Gasteiger partial charge in [0.15, 0.2) is 0 Å². The van der Waals surface area contributed by atoms with Gasteiger partial charge in [-0.2, -0.15) is 0 Å². The predicted molar refractivity (Wildman–Crippen MR) is 108 cm³/mol. The lowest BCUT2D eigenvalue weighted by Crippen LogP contribution is -2.13. The molecule has 0 unspecified atom stereocenters. The Bertz CT molecular complexity index is 837. The molecule has 0 bridgehead atoms. The molecule has 3 heteroatoms. The summed E-state index contributed by atoms with van der Waals surface area (Å²) >= 11 is 0. The van der Waals surface area contributed by atoms with Crippen molar-refractivity contribution < 1.29 is 14.3 Å². The van der Waals surface area contributed by atoms with Crippen LogP contribution in [0.2, 0.25) is 0 Å². The SMILES string of the molecule is CCCCCc1ccc(OC(=O)Oc2ccc(-c3ccccc3)cc2)cc1. The highest BCUT2D eigenvalue weighted by Crippen LogP contribution is 2.22. The molecule has 138 valence electrons. The van der Waals surface area contributed by atoms with Crippen molar-refractivity contribution in [2.45, 2.75) is 32.6 Å². The maximum Gasteiger partial charge on any atom is 0.519 e. The molecule has 0 atom stereocenters. The van der Waals surface area contributed by atoms with Gasteiger partial charge in [-0.05, 0) is 53.8 Å². The van der Waals surface area contributed by atoms with Crippen molar-refractivity contribution in [1.29, 1.82) is 0 Å². The highest BCUT2D eigenvalue weighted by Gasteiger charge is 2.08. The fraction of sp³-hybridized carbons (Fsp3) is 0.208. The van der Waals surface area contributed by atoms with E-state index < -0.39 is 6.16 Å². The minimum atomic E-state index is -0.735. The largest absolute Gasteiger partial charge is 0.519 e. The molecule has 3 aromatic carbocycles. The first kappa shape index (κ1) is 18.7. The van der Waals surface area contributed by atoms with Crippen LogP contribution in [0.5, 0.6) is 11.5 Å². The number of carbonyl (C=O) groups excluding carboxylic acids is 1. The van der Waals surface area contributed by atoms with Crippen molar-refractivity contribution in [3.8, 4) is 22.6 Å². The maximum absolute atomic E-state index is 12.0. The molecule has 27 heavy (non-hydrogen) atoms. The zero-order valence-corrected chi connectivity index (χ0v) is 15.6. The van der Waals surface area contributed by atoms with Crippen LogP contribution in [0.4, 0.5) is 4.79 Å². The molecule has 0 radical (unpaired) electrons. The molecule has 0 aliphatic rings. The average Bonchev–Trinajstić information content (AvgIpc) is 2.71. The summed E-state index contributed by atoms with van der Waals surface area (Å²) < 4.78 is 10.5. The van der Waals surface area contributed by atoms with Crippen LogP contribution in [0.3, 0.4) is 0 Å². The molecule has 0 aliphatic carbocycles. The van der Waals surface area contributed by atoms with E-state index in [2.05, 4.69) is 6.92 Å². The van der Waals surface area contributed by atoms with Gasteiger partial charge in [-0.3, -0.25) is 0 Å². The lowest BCUT2D eigenvalue weighted by atomic mass is 10.1. The monoisotopic (exact) mass is 360 g/mol. The first-order chi connectivity index (χ1) is 13.2. The van der Waals surface area contributed by atoms with Crippen molar-refractivity contribution in [1.82, 2.24) is 0 Å². The highest BCUT2D eigenvalue weighted by molar-refractivity contribution is 5.68. The molecule has 0 N–H and O–H groups in total. The Labute approximate surface area is 160 Å². The molecular weight excluding hydrogens is 336 g/mol. The molecule has 0 aromatic heterocycles. The predicted octanol–water partition coefficient (Wildman–Crippen LogP) is 6.66. The van der Waals surface area contributed by atoms with E-state index in [1.54, 1.807) is 24.3 Å². The maximum atomic E-state index is 12.0. The molecule has 3 aromatic rings. The van der Waals surface area contributed by atoms with Crippen LogP contribution in [0.15, 0.2) is 78.9 Å². The quantitative estimate of drug-likeness (QED) is 0.268. The number of hydrogen-bond donors (Lipinski definition) is 0. The number of aryl methyl sites for hydroxylation is 1. The highest BCUT2D eigenvalue weighted by atomic mass is 16.7. The van der Waals surface area contributed by atoms with Crippen LogP contribution >= 0.6 is 0 Å². The molecule has 0 spiro atoms. The third-order valence-electron chi connectivity index (χ3n) is 4.36. The minimum Gasteiger partial charge on any atom is -0.395 e. The Kier molecular flexibility index (Phi) is 6.64. The van der Waals surface area contributed by atoms with Gasteiger partial charge in [0.2, 0.25) is 0 Å². The summed E-state index contributed by atoms with van der Waals surface area (Å²) in [6.45, 7) is 2.19. The van der Waals surface area contributed by atoms with E-state index in [1.165, 1.54) is 24.8 Å². The first-order valence-corrected chi connectivity index (χ1v) is 9.38. The fourth-order valence-corrected chi connectivity index (χ4v) is 2.86. The summed E-state index contributed by atoms with van der Waals surface area (Å²) in [5.41, 5.74) is 3.43. The van der Waals surface area contributed by atoms with Gasteiger partial charge in [0, 0.05) is 0 Å². The summed E-state index contributed by atoms with van der Waals surface area (Å²) in [6.07, 6.45) is 3.93. The van der Waals surface area contributed by atoms with Gasteiger partial charge in [-0.25, -0.2) is 4.79 Å². The zero-order valence-electron chi connectivity index (χ0n) is 15.6. The Morgan fingerprint density at radius 2 is 1.26 bits per heavy atom. The molecular formula is C24H24O3. The molecule has 0 amide bonds. The molecule has 0 heterocycles. The Morgan fingerprint density at radius 1 is 0.704 bits per heavy atom. The summed E-state index contributed by atoms with van der Waals surface area (Å²) in [6, 6.07) is 25.0. The van der Waals surface area contributed by atoms with Crippen molar-refractivity contribution >= 4 is 6.16 Å². The smallest absolute Gasteiger partial charge is 0.395 e. The topological polar surface area (TPSA) is 35.5 Å². The normalized spacial score (nSPS) is 10.4. The number of hydrogen-bond acceptors (Lipinski definition) is 3. The van der Waals surface area contributed by atoms with E-state index in [4.69, 9.17) is 9.47 Å². The standard InChI is InChI=1S/C24H24O3/c1-2-3-5-8-19-11-15-22(16-12-19)26-24(25)27-23-17-13-21(14-18-23)20-9-6-4-7-10-20/h4,6-7,9-18H,2-3,5,8H2,1H3.